The van der Waals surface area contributed by atoms with Crippen LogP contribution in [0.2, 0.25) is 0 Å². The summed E-state index contributed by atoms with van der Waals surface area (Å²) < 4.78 is 42.6. The van der Waals surface area contributed by atoms with Crippen LogP contribution >= 0.6 is 0 Å². The van der Waals surface area contributed by atoms with Crippen molar-refractivity contribution in [1.82, 2.24) is 5.32 Å². The van der Waals surface area contributed by atoms with Gasteiger partial charge in [0, 0.05) is 13.0 Å². The van der Waals surface area contributed by atoms with E-state index in [1.807, 2.05) is 0 Å². The van der Waals surface area contributed by atoms with Gasteiger partial charge in [-0.3, -0.25) is 4.79 Å². The van der Waals surface area contributed by atoms with E-state index in [-0.39, 0.29) is 30.7 Å². The van der Waals surface area contributed by atoms with Crippen molar-refractivity contribution in [3.8, 4) is 0 Å². The normalized spacial score (nSPS) is 25.2. The van der Waals surface area contributed by atoms with E-state index in [4.69, 9.17) is 10.5 Å². The second kappa shape index (κ2) is 7.83. The molecule has 3 N–H and O–H groups in total. The fourth-order valence-corrected chi connectivity index (χ4v) is 2.60. The van der Waals surface area contributed by atoms with Gasteiger partial charge in [-0.2, -0.15) is 13.2 Å². The molecule has 1 atom stereocenters. The minimum Gasteiger partial charge on any atom is -0.383 e. The molecule has 20 heavy (non-hydrogen) atoms. The van der Waals surface area contributed by atoms with Gasteiger partial charge in [-0.1, -0.05) is 0 Å². The summed E-state index contributed by atoms with van der Waals surface area (Å²) >= 11 is 0. The van der Waals surface area contributed by atoms with Gasteiger partial charge in [-0.25, -0.2) is 0 Å². The molecule has 1 aliphatic rings. The van der Waals surface area contributed by atoms with Crippen LogP contribution in [0.15, 0.2) is 0 Å². The molecule has 0 spiro atoms. The zero-order chi connectivity index (χ0) is 15.2. The van der Waals surface area contributed by atoms with E-state index in [1.54, 1.807) is 0 Å². The smallest absolute Gasteiger partial charge is 0.383 e. The molecule has 7 heteroatoms. The minimum absolute atomic E-state index is 0.0351. The lowest BCUT2D eigenvalue weighted by Gasteiger charge is -2.30. The van der Waals surface area contributed by atoms with E-state index in [0.29, 0.717) is 32.4 Å². The number of nitrogens with one attached hydrogen (secondary N) is 1. The van der Waals surface area contributed by atoms with Crippen LogP contribution in [0.3, 0.4) is 0 Å². The third-order valence-electron chi connectivity index (χ3n) is 3.79. The van der Waals surface area contributed by atoms with Gasteiger partial charge >= 0.3 is 6.18 Å². The van der Waals surface area contributed by atoms with Gasteiger partial charge in [0.1, 0.15) is 0 Å². The number of methoxy groups -OCH3 is 1. The average Bonchev–Trinajstić information content (AvgIpc) is 2.38. The Kier molecular flexibility index (Phi) is 6.75. The number of carbonyl (C=O) groups is 1. The van der Waals surface area contributed by atoms with Gasteiger partial charge in [0.2, 0.25) is 5.91 Å². The molecule has 118 valence electrons. The molecule has 1 fully saturated rings. The van der Waals surface area contributed by atoms with Crippen LogP contribution in [0.1, 0.15) is 32.1 Å². The fraction of sp³-hybridized carbons (Fsp3) is 0.923. The lowest BCUT2D eigenvalue weighted by molar-refractivity contribution is -0.184. The Balaban J connectivity index is 2.42. The third-order valence-corrected chi connectivity index (χ3v) is 3.79. The number of alkyl halides is 3. The Labute approximate surface area is 117 Å². The van der Waals surface area contributed by atoms with E-state index in [0.717, 1.165) is 0 Å². The number of halogens is 3. The van der Waals surface area contributed by atoms with E-state index in [9.17, 15) is 18.0 Å². The second-order valence-electron chi connectivity index (χ2n) is 5.33. The Morgan fingerprint density at radius 3 is 2.40 bits per heavy atom. The number of nitrogens with two attached hydrogens (primary N) is 1. The van der Waals surface area contributed by atoms with Gasteiger partial charge < -0.3 is 15.8 Å². The van der Waals surface area contributed by atoms with Gasteiger partial charge in [0.15, 0.2) is 0 Å². The van der Waals surface area contributed by atoms with Crippen molar-refractivity contribution in [3.63, 3.8) is 0 Å². The van der Waals surface area contributed by atoms with Crippen LogP contribution < -0.4 is 11.1 Å². The predicted molar refractivity (Wildman–Crippen MR) is 69.0 cm³/mol. The summed E-state index contributed by atoms with van der Waals surface area (Å²) in [5.41, 5.74) is 5.45. The first-order valence-corrected chi connectivity index (χ1v) is 6.94. The van der Waals surface area contributed by atoms with Crippen molar-refractivity contribution in [2.75, 3.05) is 20.3 Å². The molecule has 0 aromatic carbocycles. The highest BCUT2D eigenvalue weighted by Crippen LogP contribution is 2.39. The Hall–Kier alpha value is -0.820. The summed E-state index contributed by atoms with van der Waals surface area (Å²) in [6.45, 7) is 0.788. The van der Waals surface area contributed by atoms with Crippen LogP contribution in [0.25, 0.3) is 0 Å². The Morgan fingerprint density at radius 1 is 1.35 bits per heavy atom. The van der Waals surface area contributed by atoms with E-state index >= 15 is 0 Å². The zero-order valence-corrected chi connectivity index (χ0v) is 11.7. The molecular weight excluding hydrogens is 273 g/mol. The molecule has 0 saturated heterocycles. The minimum atomic E-state index is -4.14. The summed E-state index contributed by atoms with van der Waals surface area (Å²) in [4.78, 5) is 12.0. The van der Waals surface area contributed by atoms with Crippen molar-refractivity contribution < 1.29 is 22.7 Å². The number of rotatable bonds is 6. The van der Waals surface area contributed by atoms with Crippen molar-refractivity contribution in [3.05, 3.63) is 0 Å². The van der Waals surface area contributed by atoms with Crippen molar-refractivity contribution in [2.45, 2.75) is 44.3 Å². The molecule has 0 aromatic rings. The van der Waals surface area contributed by atoms with E-state index < -0.39 is 12.1 Å². The summed E-state index contributed by atoms with van der Waals surface area (Å²) in [5.74, 6) is -1.77. The molecule has 1 rings (SSSR count). The topological polar surface area (TPSA) is 64.3 Å². The first-order chi connectivity index (χ1) is 9.38. The molecule has 0 aliphatic heterocycles. The molecule has 1 unspecified atom stereocenters. The van der Waals surface area contributed by atoms with Crippen LogP contribution in [0, 0.1) is 11.8 Å². The molecule has 0 heterocycles. The quantitative estimate of drug-likeness (QED) is 0.786. The lowest BCUT2D eigenvalue weighted by atomic mass is 9.81. The zero-order valence-electron chi connectivity index (χ0n) is 11.7. The van der Waals surface area contributed by atoms with Crippen molar-refractivity contribution in [1.29, 1.82) is 0 Å². The molecule has 0 radical (unpaired) electrons. The monoisotopic (exact) mass is 296 g/mol. The summed E-state index contributed by atoms with van der Waals surface area (Å²) in [7, 11) is 1.53. The van der Waals surface area contributed by atoms with Crippen LogP contribution in [-0.4, -0.2) is 38.4 Å². The SMILES string of the molecule is COCC(CCN)NC(=O)C1CCC(C(F)(F)F)CC1. The maximum Gasteiger partial charge on any atom is 0.391 e. The predicted octanol–water partition coefficient (Wildman–Crippen LogP) is 1.84. The number of ether oxygens (including phenoxy) is 1. The van der Waals surface area contributed by atoms with Crippen LogP contribution in [-0.2, 0) is 9.53 Å². The maximum atomic E-state index is 12.5. The van der Waals surface area contributed by atoms with Crippen LogP contribution in [0.4, 0.5) is 13.2 Å². The highest BCUT2D eigenvalue weighted by Gasteiger charge is 2.42. The highest BCUT2D eigenvalue weighted by molar-refractivity contribution is 5.79. The lowest BCUT2D eigenvalue weighted by Crippen LogP contribution is -2.43. The number of amides is 1. The molecule has 1 saturated carbocycles. The van der Waals surface area contributed by atoms with Gasteiger partial charge in [0.05, 0.1) is 18.6 Å². The van der Waals surface area contributed by atoms with Gasteiger partial charge in [-0.05, 0) is 38.6 Å². The van der Waals surface area contributed by atoms with E-state index in [2.05, 4.69) is 5.32 Å². The average molecular weight is 296 g/mol. The summed E-state index contributed by atoms with van der Waals surface area (Å²) in [6, 6.07) is -0.169. The highest BCUT2D eigenvalue weighted by atomic mass is 19.4. The van der Waals surface area contributed by atoms with Crippen LogP contribution in [0.5, 0.6) is 0 Å². The first-order valence-electron chi connectivity index (χ1n) is 6.94. The third kappa shape index (κ3) is 5.28. The van der Waals surface area contributed by atoms with Crippen molar-refractivity contribution in [2.24, 2.45) is 17.6 Å². The first kappa shape index (κ1) is 17.2. The second-order valence-corrected chi connectivity index (χ2v) is 5.33. The largest absolute Gasteiger partial charge is 0.391 e. The number of hydrogen-bond acceptors (Lipinski definition) is 3. The summed E-state index contributed by atoms with van der Waals surface area (Å²) in [6.07, 6.45) is -2.89. The molecule has 0 bridgehead atoms. The van der Waals surface area contributed by atoms with E-state index in [1.165, 1.54) is 7.11 Å². The van der Waals surface area contributed by atoms with Gasteiger partial charge in [-0.15, -0.1) is 0 Å². The Morgan fingerprint density at radius 2 is 1.95 bits per heavy atom. The number of carbonyl (C=O) groups excluding carboxylic acids is 1. The van der Waals surface area contributed by atoms with Gasteiger partial charge in [0.25, 0.3) is 0 Å². The fourth-order valence-electron chi connectivity index (χ4n) is 2.60. The standard InChI is InChI=1S/C13H23F3N2O2/c1-20-8-11(6-7-17)18-12(19)9-2-4-10(5-3-9)13(14,15)16/h9-11H,2-8,17H2,1H3,(H,18,19). The molecular formula is C13H23F3N2O2. The molecule has 1 amide bonds. The summed E-state index contributed by atoms with van der Waals surface area (Å²) in [5, 5.41) is 2.82. The van der Waals surface area contributed by atoms with Crippen molar-refractivity contribution >= 4 is 5.91 Å². The molecule has 4 nitrogen and oxygen atoms in total. The maximum absolute atomic E-state index is 12.5. The number of hydrogen-bond donors (Lipinski definition) is 2. The molecule has 1 aliphatic carbocycles. The molecule has 0 aromatic heterocycles. The Bertz CT molecular complexity index is 296.